The zero-order valence-electron chi connectivity index (χ0n) is 15.8. The number of aromatic amines is 1. The minimum Gasteiger partial charge on any atom is -0.497 e. The third kappa shape index (κ3) is 4.62. The molecular weight excluding hydrogens is 360 g/mol. The predicted octanol–water partition coefficient (Wildman–Crippen LogP) is 3.30. The van der Waals surface area contributed by atoms with Crippen LogP contribution in [0.2, 0.25) is 0 Å². The molecule has 0 aliphatic heterocycles. The quantitative estimate of drug-likeness (QED) is 0.584. The van der Waals surface area contributed by atoms with Crippen LogP contribution in [0.15, 0.2) is 48.7 Å². The van der Waals surface area contributed by atoms with Crippen LogP contribution in [-0.4, -0.2) is 37.7 Å². The fourth-order valence-corrected chi connectivity index (χ4v) is 2.88. The number of H-pyrrole nitrogens is 1. The number of rotatable bonds is 8. The van der Waals surface area contributed by atoms with Crippen LogP contribution < -0.4 is 14.8 Å². The van der Waals surface area contributed by atoms with E-state index in [-0.39, 0.29) is 13.0 Å². The van der Waals surface area contributed by atoms with Crippen molar-refractivity contribution in [3.05, 3.63) is 54.2 Å². The average molecular weight is 382 g/mol. The number of anilines is 1. The van der Waals surface area contributed by atoms with Gasteiger partial charge in [0.05, 0.1) is 19.9 Å². The van der Waals surface area contributed by atoms with Gasteiger partial charge in [-0.3, -0.25) is 9.59 Å². The van der Waals surface area contributed by atoms with E-state index in [4.69, 9.17) is 14.2 Å². The van der Waals surface area contributed by atoms with Gasteiger partial charge in [0.25, 0.3) is 5.91 Å². The van der Waals surface area contributed by atoms with E-state index in [0.717, 1.165) is 16.5 Å². The summed E-state index contributed by atoms with van der Waals surface area (Å²) in [7, 11) is 3.04. The fourth-order valence-electron chi connectivity index (χ4n) is 2.88. The topological polar surface area (TPSA) is 89.6 Å². The highest BCUT2D eigenvalue weighted by atomic mass is 16.5. The summed E-state index contributed by atoms with van der Waals surface area (Å²) in [6.07, 6.45) is 2.62. The Morgan fingerprint density at radius 1 is 1.07 bits per heavy atom. The largest absolute Gasteiger partial charge is 0.497 e. The van der Waals surface area contributed by atoms with Gasteiger partial charge in [0.15, 0.2) is 6.61 Å². The molecule has 0 aliphatic rings. The third-order valence-electron chi connectivity index (χ3n) is 4.32. The first-order valence-corrected chi connectivity index (χ1v) is 8.83. The number of amides is 1. The molecule has 1 amide bonds. The Balaban J connectivity index is 1.48. The number of hydrogen-bond donors (Lipinski definition) is 2. The molecule has 0 fully saturated rings. The summed E-state index contributed by atoms with van der Waals surface area (Å²) < 4.78 is 15.4. The van der Waals surface area contributed by atoms with Crippen molar-refractivity contribution in [1.82, 2.24) is 4.98 Å². The van der Waals surface area contributed by atoms with Crippen molar-refractivity contribution >= 4 is 28.5 Å². The second kappa shape index (κ2) is 8.94. The third-order valence-corrected chi connectivity index (χ3v) is 4.32. The lowest BCUT2D eigenvalue weighted by Crippen LogP contribution is -2.21. The molecule has 0 bridgehead atoms. The van der Waals surface area contributed by atoms with Crippen LogP contribution in [-0.2, 0) is 20.7 Å². The van der Waals surface area contributed by atoms with E-state index in [2.05, 4.69) is 10.3 Å². The molecule has 0 saturated heterocycles. The monoisotopic (exact) mass is 382 g/mol. The molecule has 2 aromatic carbocycles. The number of methoxy groups -OCH3 is 2. The summed E-state index contributed by atoms with van der Waals surface area (Å²) in [4.78, 5) is 27.2. The SMILES string of the molecule is COc1ccc(NC(=O)COC(=O)CCc2c[nH]c3ccccc23)c(OC)c1. The Morgan fingerprint density at radius 3 is 2.68 bits per heavy atom. The number of nitrogens with one attached hydrogen (secondary N) is 2. The zero-order valence-corrected chi connectivity index (χ0v) is 15.8. The molecule has 0 unspecified atom stereocenters. The van der Waals surface area contributed by atoms with Crippen molar-refractivity contribution < 1.29 is 23.8 Å². The van der Waals surface area contributed by atoms with Gasteiger partial charge in [-0.05, 0) is 30.2 Å². The van der Waals surface area contributed by atoms with Crippen molar-refractivity contribution in [3.8, 4) is 11.5 Å². The molecule has 7 nitrogen and oxygen atoms in total. The first-order chi connectivity index (χ1) is 13.6. The summed E-state index contributed by atoms with van der Waals surface area (Å²) in [5.41, 5.74) is 2.54. The maximum absolute atomic E-state index is 12.1. The molecule has 3 aromatic rings. The molecule has 7 heteroatoms. The predicted molar refractivity (Wildman–Crippen MR) is 106 cm³/mol. The standard InChI is InChI=1S/C21H22N2O5/c1-26-15-8-9-18(19(11-15)27-2)23-20(24)13-28-21(25)10-7-14-12-22-17-6-4-3-5-16(14)17/h3-6,8-9,11-12,22H,7,10,13H2,1-2H3,(H,23,24). The van der Waals surface area contributed by atoms with E-state index in [1.54, 1.807) is 25.3 Å². The maximum atomic E-state index is 12.1. The van der Waals surface area contributed by atoms with Crippen LogP contribution >= 0.6 is 0 Å². The second-order valence-corrected chi connectivity index (χ2v) is 6.13. The van der Waals surface area contributed by atoms with Crippen LogP contribution in [0.3, 0.4) is 0 Å². The van der Waals surface area contributed by atoms with Gasteiger partial charge < -0.3 is 24.5 Å². The molecule has 0 spiro atoms. The molecule has 0 saturated carbocycles. The Labute approximate surface area is 162 Å². The number of benzene rings is 2. The smallest absolute Gasteiger partial charge is 0.306 e. The molecule has 0 aliphatic carbocycles. The van der Waals surface area contributed by atoms with E-state index in [1.165, 1.54) is 7.11 Å². The van der Waals surface area contributed by atoms with Crippen LogP contribution in [0.4, 0.5) is 5.69 Å². The van der Waals surface area contributed by atoms with Crippen molar-refractivity contribution in [3.63, 3.8) is 0 Å². The zero-order chi connectivity index (χ0) is 19.9. The van der Waals surface area contributed by atoms with E-state index < -0.39 is 11.9 Å². The number of esters is 1. The summed E-state index contributed by atoms with van der Waals surface area (Å²) in [5, 5.41) is 3.74. The van der Waals surface area contributed by atoms with Crippen molar-refractivity contribution in [1.29, 1.82) is 0 Å². The van der Waals surface area contributed by atoms with Crippen molar-refractivity contribution in [2.24, 2.45) is 0 Å². The van der Waals surface area contributed by atoms with Gasteiger partial charge in [0.2, 0.25) is 0 Å². The first-order valence-electron chi connectivity index (χ1n) is 8.83. The Kier molecular flexibility index (Phi) is 6.16. The average Bonchev–Trinajstić information content (AvgIpc) is 3.14. The lowest BCUT2D eigenvalue weighted by molar-refractivity contribution is -0.147. The highest BCUT2D eigenvalue weighted by Gasteiger charge is 2.12. The summed E-state index contributed by atoms with van der Waals surface area (Å²) >= 11 is 0. The van der Waals surface area contributed by atoms with E-state index >= 15 is 0 Å². The lowest BCUT2D eigenvalue weighted by Gasteiger charge is -2.11. The molecule has 28 heavy (non-hydrogen) atoms. The Hall–Kier alpha value is -3.48. The highest BCUT2D eigenvalue weighted by molar-refractivity contribution is 5.94. The van der Waals surface area contributed by atoms with Crippen molar-refractivity contribution in [2.45, 2.75) is 12.8 Å². The first kappa shape index (κ1) is 19.3. The van der Waals surface area contributed by atoms with Crippen molar-refractivity contribution in [2.75, 3.05) is 26.1 Å². The summed E-state index contributed by atoms with van der Waals surface area (Å²) in [6, 6.07) is 12.9. The number of hydrogen-bond acceptors (Lipinski definition) is 5. The van der Waals surface area contributed by atoms with Crippen LogP contribution in [0, 0.1) is 0 Å². The number of carbonyl (C=O) groups is 2. The van der Waals surface area contributed by atoms with E-state index in [1.807, 2.05) is 30.5 Å². The molecule has 3 rings (SSSR count). The fraction of sp³-hybridized carbons (Fsp3) is 0.238. The summed E-state index contributed by atoms with van der Waals surface area (Å²) in [6.45, 7) is -0.359. The van der Waals surface area contributed by atoms with Gasteiger partial charge in [-0.1, -0.05) is 18.2 Å². The molecule has 2 N–H and O–H groups in total. The Morgan fingerprint density at radius 2 is 1.89 bits per heavy atom. The van der Waals surface area contributed by atoms with Crippen LogP contribution in [0.25, 0.3) is 10.9 Å². The number of aromatic nitrogens is 1. The molecule has 1 heterocycles. The second-order valence-electron chi connectivity index (χ2n) is 6.13. The van der Waals surface area contributed by atoms with Gasteiger partial charge in [-0.25, -0.2) is 0 Å². The summed E-state index contributed by atoms with van der Waals surface area (Å²) in [5.74, 6) is 0.197. The van der Waals surface area contributed by atoms with E-state index in [0.29, 0.717) is 23.6 Å². The molecule has 0 atom stereocenters. The molecule has 146 valence electrons. The Bertz CT molecular complexity index is 980. The van der Waals surface area contributed by atoms with Gasteiger partial charge >= 0.3 is 5.97 Å². The van der Waals surface area contributed by atoms with Gasteiger partial charge in [-0.2, -0.15) is 0 Å². The normalized spacial score (nSPS) is 10.5. The number of fused-ring (bicyclic) bond motifs is 1. The molecular formula is C21H22N2O5. The van der Waals surface area contributed by atoms with Gasteiger partial charge in [-0.15, -0.1) is 0 Å². The van der Waals surface area contributed by atoms with Crippen LogP contribution in [0.1, 0.15) is 12.0 Å². The number of para-hydroxylation sites is 1. The number of ether oxygens (including phenoxy) is 3. The molecule has 1 aromatic heterocycles. The van der Waals surface area contributed by atoms with Gasteiger partial charge in [0, 0.05) is 29.6 Å². The highest BCUT2D eigenvalue weighted by Crippen LogP contribution is 2.28. The minimum absolute atomic E-state index is 0.195. The van der Waals surface area contributed by atoms with Gasteiger partial charge in [0.1, 0.15) is 11.5 Å². The lowest BCUT2D eigenvalue weighted by atomic mass is 10.1. The maximum Gasteiger partial charge on any atom is 0.306 e. The minimum atomic E-state index is -0.441. The molecule has 0 radical (unpaired) electrons. The number of carbonyl (C=O) groups excluding carboxylic acids is 2. The van der Waals surface area contributed by atoms with E-state index in [9.17, 15) is 9.59 Å². The van der Waals surface area contributed by atoms with Crippen LogP contribution in [0.5, 0.6) is 11.5 Å². The number of aryl methyl sites for hydroxylation is 1.